The van der Waals surface area contributed by atoms with E-state index >= 15 is 0 Å². The van der Waals surface area contributed by atoms with Gasteiger partial charge in [-0.25, -0.2) is 4.79 Å². The number of benzene rings is 2. The number of carbonyl (C=O) groups is 1. The van der Waals surface area contributed by atoms with Crippen LogP contribution >= 0.6 is 11.5 Å². The molecule has 0 radical (unpaired) electrons. The van der Waals surface area contributed by atoms with Gasteiger partial charge in [-0.1, -0.05) is 60.8 Å². The van der Waals surface area contributed by atoms with E-state index in [1.54, 1.807) is 0 Å². The first-order chi connectivity index (χ1) is 12.0. The van der Waals surface area contributed by atoms with Crippen LogP contribution in [0.3, 0.4) is 0 Å². The molecule has 0 aliphatic heterocycles. The van der Waals surface area contributed by atoms with E-state index in [1.165, 1.54) is 0 Å². The molecule has 1 aromatic heterocycles. The smallest absolute Gasteiger partial charge is 0.357 e. The highest BCUT2D eigenvalue weighted by atomic mass is 32.1. The van der Waals surface area contributed by atoms with Gasteiger partial charge in [-0.05, 0) is 47.1 Å². The SMILES string of the molecule is Cc1ccc(C(C)C)c(OC(=O)c2snnc2Cc2ccccc2)c1. The van der Waals surface area contributed by atoms with Gasteiger partial charge in [0.15, 0.2) is 4.88 Å². The number of carbonyl (C=O) groups excluding carboxylic acids is 1. The first-order valence-corrected chi connectivity index (χ1v) is 9.00. The van der Waals surface area contributed by atoms with Crippen molar-refractivity contribution in [1.29, 1.82) is 0 Å². The van der Waals surface area contributed by atoms with E-state index < -0.39 is 5.97 Å². The Morgan fingerprint density at radius 3 is 2.64 bits per heavy atom. The molecule has 0 fully saturated rings. The molecule has 0 aliphatic rings. The van der Waals surface area contributed by atoms with Crippen LogP contribution in [0.2, 0.25) is 0 Å². The van der Waals surface area contributed by atoms with Gasteiger partial charge in [0.05, 0.1) is 5.69 Å². The number of esters is 1. The third-order valence-electron chi connectivity index (χ3n) is 3.95. The molecule has 3 rings (SSSR count). The van der Waals surface area contributed by atoms with Crippen LogP contribution in [0.5, 0.6) is 5.75 Å². The lowest BCUT2D eigenvalue weighted by atomic mass is 10.0. The average molecular weight is 352 g/mol. The summed E-state index contributed by atoms with van der Waals surface area (Å²) in [7, 11) is 0. The van der Waals surface area contributed by atoms with Crippen LogP contribution in [-0.2, 0) is 6.42 Å². The molecule has 0 saturated heterocycles. The van der Waals surface area contributed by atoms with Crippen LogP contribution < -0.4 is 4.74 Å². The summed E-state index contributed by atoms with van der Waals surface area (Å²) in [5.74, 6) is 0.485. The maximum absolute atomic E-state index is 12.7. The second-order valence-corrected chi connectivity index (χ2v) is 7.05. The van der Waals surface area contributed by atoms with E-state index in [0.717, 1.165) is 28.2 Å². The van der Waals surface area contributed by atoms with Crippen molar-refractivity contribution in [2.45, 2.75) is 33.1 Å². The number of aromatic nitrogens is 2. The van der Waals surface area contributed by atoms with Crippen LogP contribution in [0.4, 0.5) is 0 Å². The third-order valence-corrected chi connectivity index (χ3v) is 4.70. The van der Waals surface area contributed by atoms with Crippen molar-refractivity contribution in [3.8, 4) is 5.75 Å². The zero-order valence-corrected chi connectivity index (χ0v) is 15.3. The van der Waals surface area contributed by atoms with E-state index in [9.17, 15) is 4.79 Å². The number of rotatable bonds is 5. The van der Waals surface area contributed by atoms with E-state index in [4.69, 9.17) is 4.74 Å². The molecular formula is C20H20N2O2S. The first-order valence-electron chi connectivity index (χ1n) is 8.22. The van der Waals surface area contributed by atoms with Gasteiger partial charge in [0.1, 0.15) is 5.75 Å². The van der Waals surface area contributed by atoms with Crippen molar-refractivity contribution in [2.75, 3.05) is 0 Å². The number of hydrogen-bond donors (Lipinski definition) is 0. The zero-order chi connectivity index (χ0) is 17.8. The van der Waals surface area contributed by atoms with Crippen molar-refractivity contribution < 1.29 is 9.53 Å². The Labute approximate surface area is 151 Å². The maximum atomic E-state index is 12.7. The maximum Gasteiger partial charge on any atom is 0.357 e. The predicted molar refractivity (Wildman–Crippen MR) is 99.4 cm³/mol. The lowest BCUT2D eigenvalue weighted by molar-refractivity contribution is 0.0736. The second kappa shape index (κ2) is 7.57. The highest BCUT2D eigenvalue weighted by Crippen LogP contribution is 2.29. The van der Waals surface area contributed by atoms with Crippen molar-refractivity contribution in [3.63, 3.8) is 0 Å². The van der Waals surface area contributed by atoms with E-state index in [2.05, 4.69) is 23.4 Å². The molecule has 5 heteroatoms. The largest absolute Gasteiger partial charge is 0.422 e. The van der Waals surface area contributed by atoms with Crippen LogP contribution in [0.15, 0.2) is 48.5 Å². The monoisotopic (exact) mass is 352 g/mol. The predicted octanol–water partition coefficient (Wildman–Crippen LogP) is 4.78. The Kier molecular flexibility index (Phi) is 5.24. The molecule has 0 amide bonds. The summed E-state index contributed by atoms with van der Waals surface area (Å²) in [6, 6.07) is 15.9. The van der Waals surface area contributed by atoms with Gasteiger partial charge in [-0.15, -0.1) is 5.10 Å². The Morgan fingerprint density at radius 2 is 1.92 bits per heavy atom. The molecule has 3 aromatic rings. The third kappa shape index (κ3) is 4.12. The number of aryl methyl sites for hydroxylation is 1. The Bertz CT molecular complexity index is 872. The van der Waals surface area contributed by atoms with Crippen LogP contribution in [0.25, 0.3) is 0 Å². The fourth-order valence-corrected chi connectivity index (χ4v) is 3.18. The second-order valence-electron chi connectivity index (χ2n) is 6.30. The van der Waals surface area contributed by atoms with Crippen LogP contribution in [0.1, 0.15) is 51.8 Å². The van der Waals surface area contributed by atoms with Gasteiger partial charge < -0.3 is 4.74 Å². The fraction of sp³-hybridized carbons (Fsp3) is 0.250. The lowest BCUT2D eigenvalue weighted by Gasteiger charge is -2.13. The zero-order valence-electron chi connectivity index (χ0n) is 14.5. The molecule has 0 bridgehead atoms. The number of ether oxygens (including phenoxy) is 1. The van der Waals surface area contributed by atoms with Gasteiger partial charge in [-0.2, -0.15) is 0 Å². The van der Waals surface area contributed by atoms with Gasteiger partial charge in [-0.3, -0.25) is 0 Å². The molecule has 0 aliphatic carbocycles. The summed E-state index contributed by atoms with van der Waals surface area (Å²) in [6.45, 7) is 6.14. The van der Waals surface area contributed by atoms with Crippen molar-refractivity contribution in [3.05, 3.63) is 75.8 Å². The van der Waals surface area contributed by atoms with Gasteiger partial charge in [0.25, 0.3) is 0 Å². The highest BCUT2D eigenvalue weighted by molar-refractivity contribution is 7.07. The number of nitrogens with zero attached hydrogens (tertiary/aromatic N) is 2. The van der Waals surface area contributed by atoms with E-state index in [1.807, 2.05) is 55.5 Å². The molecule has 0 atom stereocenters. The van der Waals surface area contributed by atoms with Gasteiger partial charge in [0.2, 0.25) is 0 Å². The molecule has 4 nitrogen and oxygen atoms in total. The summed E-state index contributed by atoms with van der Waals surface area (Å²) in [6.07, 6.45) is 0.562. The molecule has 2 aromatic carbocycles. The molecule has 0 saturated carbocycles. The minimum atomic E-state index is -0.395. The van der Waals surface area contributed by atoms with Gasteiger partial charge in [0, 0.05) is 6.42 Å². The van der Waals surface area contributed by atoms with Crippen LogP contribution in [0, 0.1) is 6.92 Å². The summed E-state index contributed by atoms with van der Waals surface area (Å²) in [5, 5.41) is 4.12. The molecule has 128 valence electrons. The highest BCUT2D eigenvalue weighted by Gasteiger charge is 2.20. The Morgan fingerprint density at radius 1 is 1.16 bits per heavy atom. The van der Waals surface area contributed by atoms with E-state index in [0.29, 0.717) is 22.7 Å². The molecule has 0 unspecified atom stereocenters. The van der Waals surface area contributed by atoms with Crippen molar-refractivity contribution in [1.82, 2.24) is 9.59 Å². The minimum Gasteiger partial charge on any atom is -0.422 e. The van der Waals surface area contributed by atoms with Gasteiger partial charge >= 0.3 is 5.97 Å². The molecule has 0 spiro atoms. The summed E-state index contributed by atoms with van der Waals surface area (Å²) in [4.78, 5) is 13.1. The first kappa shape index (κ1) is 17.3. The fourth-order valence-electron chi connectivity index (χ4n) is 2.62. The average Bonchev–Trinajstić information content (AvgIpc) is 3.04. The van der Waals surface area contributed by atoms with E-state index in [-0.39, 0.29) is 5.92 Å². The molecule has 1 heterocycles. The Hall–Kier alpha value is -2.53. The topological polar surface area (TPSA) is 52.1 Å². The normalized spacial score (nSPS) is 10.9. The molecular weight excluding hydrogens is 332 g/mol. The summed E-state index contributed by atoms with van der Waals surface area (Å²) >= 11 is 1.08. The summed E-state index contributed by atoms with van der Waals surface area (Å²) < 4.78 is 9.65. The Balaban J connectivity index is 1.84. The minimum absolute atomic E-state index is 0.270. The summed E-state index contributed by atoms with van der Waals surface area (Å²) in [5.41, 5.74) is 3.81. The van der Waals surface area contributed by atoms with Crippen LogP contribution in [-0.4, -0.2) is 15.6 Å². The van der Waals surface area contributed by atoms with Crippen molar-refractivity contribution >= 4 is 17.5 Å². The quantitative estimate of drug-likeness (QED) is 0.490. The standard InChI is InChI=1S/C20H20N2O2S/c1-13(2)16-10-9-14(3)11-18(16)24-20(23)19-17(21-22-25-19)12-15-7-5-4-6-8-15/h4-11,13H,12H2,1-3H3. The molecule has 0 N–H and O–H groups in total. The van der Waals surface area contributed by atoms with Crippen molar-refractivity contribution in [2.24, 2.45) is 0 Å². The molecule has 25 heavy (non-hydrogen) atoms. The lowest BCUT2D eigenvalue weighted by Crippen LogP contribution is -2.11. The number of hydrogen-bond acceptors (Lipinski definition) is 5.